The zero-order chi connectivity index (χ0) is 7.28. The second kappa shape index (κ2) is 4.11. The van der Waals surface area contributed by atoms with Gasteiger partial charge in [-0.25, -0.2) is 4.79 Å². The molecule has 0 aromatic rings. The summed E-state index contributed by atoms with van der Waals surface area (Å²) in [5.41, 5.74) is 0. The van der Waals surface area contributed by atoms with Crippen molar-refractivity contribution in [1.82, 2.24) is 4.90 Å². The second-order valence-corrected chi connectivity index (χ2v) is 1.38. The average Bonchev–Trinajstić information content (AvgIpc) is 1.87. The minimum Gasteiger partial charge on any atom is -0.422 e. The summed E-state index contributed by atoms with van der Waals surface area (Å²) in [7, 11) is 1.35. The van der Waals surface area contributed by atoms with Crippen LogP contribution in [0.2, 0.25) is 0 Å². The molecule has 54 valence electrons. The number of amides is 1. The van der Waals surface area contributed by atoms with Gasteiger partial charge in [-0.2, -0.15) is 0 Å². The fraction of sp³-hybridized carbons (Fsp3) is 0.750. The number of aliphatic hydroxyl groups is 2. The molecule has 0 atom stereocenters. The number of carbonyl (C=O) groups is 1. The van der Waals surface area contributed by atoms with E-state index in [1.807, 2.05) is 0 Å². The maximum absolute atomic E-state index is 10.4. The van der Waals surface area contributed by atoms with Crippen LogP contribution in [0.3, 0.4) is 0 Å². The Labute approximate surface area is 52.5 Å². The molecule has 0 saturated carbocycles. The van der Waals surface area contributed by atoms with Crippen molar-refractivity contribution in [3.05, 3.63) is 0 Å². The maximum Gasteiger partial charge on any atom is 0.413 e. The number of hydrogen-bond acceptors (Lipinski definition) is 4. The molecule has 0 spiro atoms. The van der Waals surface area contributed by atoms with Gasteiger partial charge in [-0.3, -0.25) is 4.90 Å². The Hall–Kier alpha value is -0.810. The maximum atomic E-state index is 10.4. The normalized spacial score (nSPS) is 8.78. The molecule has 5 nitrogen and oxygen atoms in total. The molecule has 2 N–H and O–H groups in total. The van der Waals surface area contributed by atoms with E-state index in [-0.39, 0.29) is 0 Å². The van der Waals surface area contributed by atoms with Gasteiger partial charge >= 0.3 is 6.09 Å². The van der Waals surface area contributed by atoms with Crippen LogP contribution < -0.4 is 0 Å². The third-order valence-corrected chi connectivity index (χ3v) is 0.712. The Balaban J connectivity index is 3.46. The molecule has 0 heterocycles. The Morgan fingerprint density at radius 1 is 1.67 bits per heavy atom. The lowest BCUT2D eigenvalue weighted by atomic mass is 10.9. The Morgan fingerprint density at radius 3 is 2.56 bits per heavy atom. The smallest absolute Gasteiger partial charge is 0.413 e. The molecule has 0 rings (SSSR count). The number of carbonyl (C=O) groups excluding carboxylic acids is 1. The molecule has 1 amide bonds. The Bertz CT molecular complexity index is 94.6. The first-order valence-electron chi connectivity index (χ1n) is 2.32. The van der Waals surface area contributed by atoms with E-state index in [1.165, 1.54) is 7.05 Å². The van der Waals surface area contributed by atoms with Crippen molar-refractivity contribution in [1.29, 1.82) is 0 Å². The van der Waals surface area contributed by atoms with Gasteiger partial charge in [-0.05, 0) is 0 Å². The first kappa shape index (κ1) is 8.19. The minimum absolute atomic E-state index is 0.418. The van der Waals surface area contributed by atoms with Crippen LogP contribution in [-0.4, -0.2) is 41.8 Å². The van der Waals surface area contributed by atoms with Crippen LogP contribution in [0.4, 0.5) is 4.79 Å². The SMILES string of the molecule is CN(CO)C(=O)OCO. The lowest BCUT2D eigenvalue weighted by Gasteiger charge is -2.11. The zero-order valence-electron chi connectivity index (χ0n) is 5.07. The summed E-state index contributed by atoms with van der Waals surface area (Å²) in [6.07, 6.45) is -0.750. The largest absolute Gasteiger partial charge is 0.422 e. The molecule has 0 unspecified atom stereocenters. The number of aliphatic hydroxyl groups excluding tert-OH is 2. The van der Waals surface area contributed by atoms with Gasteiger partial charge in [0.1, 0.15) is 6.73 Å². The molecule has 0 aliphatic carbocycles. The Morgan fingerprint density at radius 2 is 2.22 bits per heavy atom. The van der Waals surface area contributed by atoms with E-state index < -0.39 is 19.6 Å². The van der Waals surface area contributed by atoms with Crippen LogP contribution in [0, 0.1) is 0 Å². The molecular weight excluding hydrogens is 126 g/mol. The van der Waals surface area contributed by atoms with E-state index in [0.717, 1.165) is 4.90 Å². The molecule has 9 heavy (non-hydrogen) atoms. The number of hydrogen-bond donors (Lipinski definition) is 2. The fourth-order valence-electron chi connectivity index (χ4n) is 0.223. The van der Waals surface area contributed by atoms with Crippen molar-refractivity contribution in [3.8, 4) is 0 Å². The third kappa shape index (κ3) is 2.89. The summed E-state index contributed by atoms with van der Waals surface area (Å²) >= 11 is 0. The standard InChI is InChI=1S/C4H9NO4/c1-5(2-6)4(8)9-3-7/h6-7H,2-3H2,1H3. The van der Waals surface area contributed by atoms with Gasteiger partial charge in [0.15, 0.2) is 6.79 Å². The van der Waals surface area contributed by atoms with Crippen molar-refractivity contribution >= 4 is 6.09 Å². The van der Waals surface area contributed by atoms with Crippen molar-refractivity contribution < 1.29 is 19.7 Å². The second-order valence-electron chi connectivity index (χ2n) is 1.38. The summed E-state index contributed by atoms with van der Waals surface area (Å²) in [6, 6.07) is 0. The monoisotopic (exact) mass is 135 g/mol. The van der Waals surface area contributed by atoms with E-state index in [4.69, 9.17) is 10.2 Å². The fourth-order valence-corrected chi connectivity index (χ4v) is 0.223. The van der Waals surface area contributed by atoms with E-state index in [2.05, 4.69) is 4.74 Å². The first-order valence-corrected chi connectivity index (χ1v) is 2.32. The third-order valence-electron chi connectivity index (χ3n) is 0.712. The Kier molecular flexibility index (Phi) is 3.74. The van der Waals surface area contributed by atoms with Gasteiger partial charge in [-0.1, -0.05) is 0 Å². The molecule has 0 aromatic heterocycles. The van der Waals surface area contributed by atoms with Gasteiger partial charge in [0.2, 0.25) is 0 Å². The van der Waals surface area contributed by atoms with Crippen LogP contribution in [-0.2, 0) is 4.74 Å². The predicted molar refractivity (Wildman–Crippen MR) is 28.4 cm³/mol. The van der Waals surface area contributed by atoms with Crippen LogP contribution in [0.25, 0.3) is 0 Å². The molecule has 0 aliphatic rings. The van der Waals surface area contributed by atoms with E-state index in [1.54, 1.807) is 0 Å². The molecule has 0 fully saturated rings. The molecular formula is C4H9NO4. The highest BCUT2D eigenvalue weighted by molar-refractivity contribution is 5.66. The number of ether oxygens (including phenoxy) is 1. The number of nitrogens with zero attached hydrogens (tertiary/aromatic N) is 1. The van der Waals surface area contributed by atoms with Crippen LogP contribution >= 0.6 is 0 Å². The highest BCUT2D eigenvalue weighted by atomic mass is 16.6. The summed E-state index contributed by atoms with van der Waals surface area (Å²) in [5.74, 6) is 0. The summed E-state index contributed by atoms with van der Waals surface area (Å²) < 4.78 is 4.08. The minimum atomic E-state index is -0.750. The van der Waals surface area contributed by atoms with Crippen molar-refractivity contribution in [3.63, 3.8) is 0 Å². The van der Waals surface area contributed by atoms with Crippen LogP contribution in [0.5, 0.6) is 0 Å². The molecule has 0 aromatic carbocycles. The van der Waals surface area contributed by atoms with Crippen LogP contribution in [0.1, 0.15) is 0 Å². The summed E-state index contributed by atoms with van der Waals surface area (Å²) in [5, 5.41) is 16.3. The lowest BCUT2D eigenvalue weighted by Crippen LogP contribution is -2.28. The summed E-state index contributed by atoms with van der Waals surface area (Å²) in [6.45, 7) is -1.08. The predicted octanol–water partition coefficient (Wildman–Crippen LogP) is -1.05. The van der Waals surface area contributed by atoms with Crippen LogP contribution in [0.15, 0.2) is 0 Å². The molecule has 5 heteroatoms. The number of rotatable bonds is 2. The van der Waals surface area contributed by atoms with Crippen molar-refractivity contribution in [2.45, 2.75) is 0 Å². The lowest BCUT2D eigenvalue weighted by molar-refractivity contribution is 0.0126. The van der Waals surface area contributed by atoms with Gasteiger partial charge in [0, 0.05) is 7.05 Å². The highest BCUT2D eigenvalue weighted by Crippen LogP contribution is 1.85. The van der Waals surface area contributed by atoms with Gasteiger partial charge in [0.05, 0.1) is 0 Å². The molecule has 0 saturated heterocycles. The van der Waals surface area contributed by atoms with E-state index in [0.29, 0.717) is 0 Å². The highest BCUT2D eigenvalue weighted by Gasteiger charge is 2.05. The van der Waals surface area contributed by atoms with Gasteiger partial charge < -0.3 is 14.9 Å². The molecule has 0 aliphatic heterocycles. The van der Waals surface area contributed by atoms with Crippen molar-refractivity contribution in [2.75, 3.05) is 20.6 Å². The summed E-state index contributed by atoms with van der Waals surface area (Å²) in [4.78, 5) is 11.3. The van der Waals surface area contributed by atoms with Gasteiger partial charge in [0.25, 0.3) is 0 Å². The first-order chi connectivity index (χ1) is 4.22. The molecule has 0 bridgehead atoms. The van der Waals surface area contributed by atoms with Crippen molar-refractivity contribution in [2.24, 2.45) is 0 Å². The molecule has 0 radical (unpaired) electrons. The topological polar surface area (TPSA) is 70.0 Å². The quantitative estimate of drug-likeness (QED) is 0.474. The average molecular weight is 135 g/mol. The zero-order valence-corrected chi connectivity index (χ0v) is 5.07. The van der Waals surface area contributed by atoms with E-state index in [9.17, 15) is 4.79 Å². The van der Waals surface area contributed by atoms with Gasteiger partial charge in [-0.15, -0.1) is 0 Å². The van der Waals surface area contributed by atoms with E-state index >= 15 is 0 Å².